The van der Waals surface area contributed by atoms with Crippen LogP contribution in [0, 0.1) is 11.8 Å². The Kier molecular flexibility index (Phi) is 4.32. The largest absolute Gasteiger partial charge is 0.490 e. The molecule has 0 aromatic heterocycles. The second-order valence-electron chi connectivity index (χ2n) is 3.01. The van der Waals surface area contributed by atoms with E-state index in [0.717, 1.165) is 12.8 Å². The second-order valence-corrected chi connectivity index (χ2v) is 3.01. The van der Waals surface area contributed by atoms with Gasteiger partial charge in [0.05, 0.1) is 5.54 Å². The van der Waals surface area contributed by atoms with Crippen LogP contribution in [0.3, 0.4) is 0 Å². The topological polar surface area (TPSA) is 101 Å². The standard InChI is InChI=1S/C6H7NO2.C2HF3O2/c7-6(3-4-6)2-1-5(8)9;3-2(4,5)1(6)7/h3-4,7H2,(H,8,9);(H,6,7). The number of hydrogen-bond acceptors (Lipinski definition) is 3. The van der Waals surface area contributed by atoms with E-state index < -0.39 is 23.7 Å². The van der Waals surface area contributed by atoms with Gasteiger partial charge < -0.3 is 15.9 Å². The number of aliphatic carboxylic acids is 2. The van der Waals surface area contributed by atoms with E-state index in [9.17, 15) is 18.0 Å². The normalized spacial score (nSPS) is 16.0. The fourth-order valence-corrected chi connectivity index (χ4v) is 0.438. The highest BCUT2D eigenvalue weighted by molar-refractivity contribution is 5.86. The van der Waals surface area contributed by atoms with Crippen molar-refractivity contribution in [2.45, 2.75) is 24.6 Å². The molecular formula is C8H8F3NO4. The van der Waals surface area contributed by atoms with E-state index in [4.69, 9.17) is 20.7 Å². The molecule has 0 aliphatic heterocycles. The van der Waals surface area contributed by atoms with E-state index >= 15 is 0 Å². The molecule has 5 nitrogen and oxygen atoms in total. The van der Waals surface area contributed by atoms with Gasteiger partial charge in [0.1, 0.15) is 0 Å². The highest BCUT2D eigenvalue weighted by Gasteiger charge is 2.38. The van der Waals surface area contributed by atoms with Gasteiger partial charge in [-0.1, -0.05) is 5.92 Å². The van der Waals surface area contributed by atoms with E-state index in [0.29, 0.717) is 0 Å². The smallest absolute Gasteiger partial charge is 0.475 e. The average molecular weight is 239 g/mol. The summed E-state index contributed by atoms with van der Waals surface area (Å²) < 4.78 is 31.7. The molecule has 1 aliphatic rings. The summed E-state index contributed by atoms with van der Waals surface area (Å²) in [7, 11) is 0. The minimum Gasteiger partial charge on any atom is -0.475 e. The molecular weight excluding hydrogens is 231 g/mol. The van der Waals surface area contributed by atoms with E-state index in [2.05, 4.69) is 5.92 Å². The summed E-state index contributed by atoms with van der Waals surface area (Å²) in [5.74, 6) is 0.588. The van der Waals surface area contributed by atoms with Crippen LogP contribution in [0.1, 0.15) is 12.8 Å². The zero-order valence-electron chi connectivity index (χ0n) is 7.84. The van der Waals surface area contributed by atoms with Crippen LogP contribution in [-0.2, 0) is 9.59 Å². The number of rotatable bonds is 0. The molecule has 1 rings (SSSR count). The molecule has 1 aliphatic carbocycles. The van der Waals surface area contributed by atoms with E-state index in [1.165, 1.54) is 0 Å². The van der Waals surface area contributed by atoms with E-state index in [1.54, 1.807) is 0 Å². The molecule has 0 saturated heterocycles. The summed E-state index contributed by atoms with van der Waals surface area (Å²) in [5.41, 5.74) is 5.00. The maximum Gasteiger partial charge on any atom is 0.490 e. The molecule has 1 fully saturated rings. The van der Waals surface area contributed by atoms with Crippen LogP contribution < -0.4 is 5.73 Å². The third-order valence-corrected chi connectivity index (χ3v) is 1.45. The summed E-state index contributed by atoms with van der Waals surface area (Å²) in [6, 6.07) is 0. The first-order valence-electron chi connectivity index (χ1n) is 3.92. The molecule has 0 heterocycles. The molecule has 0 aromatic rings. The van der Waals surface area contributed by atoms with Crippen LogP contribution >= 0.6 is 0 Å². The lowest BCUT2D eigenvalue weighted by Crippen LogP contribution is -2.21. The summed E-state index contributed by atoms with van der Waals surface area (Å²) >= 11 is 0. The van der Waals surface area contributed by atoms with Crippen molar-refractivity contribution in [2.75, 3.05) is 0 Å². The lowest BCUT2D eigenvalue weighted by atomic mass is 10.3. The molecule has 1 saturated carbocycles. The van der Waals surface area contributed by atoms with Gasteiger partial charge in [-0.05, 0) is 12.8 Å². The average Bonchev–Trinajstić information content (AvgIpc) is 2.81. The Morgan fingerprint density at radius 2 is 1.62 bits per heavy atom. The Morgan fingerprint density at radius 3 is 1.81 bits per heavy atom. The predicted octanol–water partition coefficient (Wildman–Crippen LogP) is 0.199. The molecule has 8 heteroatoms. The fraction of sp³-hybridized carbons (Fsp3) is 0.500. The minimum absolute atomic E-state index is 0.460. The number of carboxylic acid groups (broad SMARTS) is 2. The number of hydrogen-bond donors (Lipinski definition) is 3. The van der Waals surface area contributed by atoms with Gasteiger partial charge in [-0.15, -0.1) is 0 Å². The van der Waals surface area contributed by atoms with Gasteiger partial charge in [0.15, 0.2) is 0 Å². The third kappa shape index (κ3) is 6.67. The van der Waals surface area contributed by atoms with Gasteiger partial charge in [-0.3, -0.25) is 0 Å². The van der Waals surface area contributed by atoms with Gasteiger partial charge in [0.2, 0.25) is 0 Å². The Bertz CT molecular complexity index is 349. The number of halogens is 3. The van der Waals surface area contributed by atoms with Gasteiger partial charge in [-0.25, -0.2) is 9.59 Å². The summed E-state index contributed by atoms with van der Waals surface area (Å²) in [6.07, 6.45) is -3.43. The van der Waals surface area contributed by atoms with E-state index in [1.807, 2.05) is 5.92 Å². The van der Waals surface area contributed by atoms with Crippen molar-refractivity contribution in [2.24, 2.45) is 5.73 Å². The quantitative estimate of drug-likeness (QED) is 0.524. The Hall–Kier alpha value is -1.75. The van der Waals surface area contributed by atoms with Gasteiger partial charge in [0, 0.05) is 5.92 Å². The maximum atomic E-state index is 10.6. The first-order chi connectivity index (χ1) is 7.07. The highest BCUT2D eigenvalue weighted by Crippen LogP contribution is 2.30. The number of nitrogens with two attached hydrogens (primary N) is 1. The number of alkyl halides is 3. The van der Waals surface area contributed by atoms with Gasteiger partial charge in [-0.2, -0.15) is 13.2 Å². The molecule has 0 unspecified atom stereocenters. The third-order valence-electron chi connectivity index (χ3n) is 1.45. The lowest BCUT2D eigenvalue weighted by molar-refractivity contribution is -0.192. The second kappa shape index (κ2) is 4.85. The van der Waals surface area contributed by atoms with Crippen molar-refractivity contribution < 1.29 is 33.0 Å². The van der Waals surface area contributed by atoms with Crippen molar-refractivity contribution in [1.82, 2.24) is 0 Å². The zero-order chi connectivity index (χ0) is 13.0. The highest BCUT2D eigenvalue weighted by atomic mass is 19.4. The number of carboxylic acids is 2. The van der Waals surface area contributed by atoms with Crippen molar-refractivity contribution in [3.05, 3.63) is 0 Å². The van der Waals surface area contributed by atoms with Crippen LogP contribution in [0.4, 0.5) is 13.2 Å². The summed E-state index contributed by atoms with van der Waals surface area (Å²) in [5, 5.41) is 15.2. The summed E-state index contributed by atoms with van der Waals surface area (Å²) in [6.45, 7) is 0. The van der Waals surface area contributed by atoms with Crippen LogP contribution in [0.15, 0.2) is 0 Å². The van der Waals surface area contributed by atoms with Crippen molar-refractivity contribution >= 4 is 11.9 Å². The van der Waals surface area contributed by atoms with Crippen molar-refractivity contribution in [1.29, 1.82) is 0 Å². The Balaban J connectivity index is 0.000000293. The zero-order valence-corrected chi connectivity index (χ0v) is 7.84. The SMILES string of the molecule is NC1(C#CC(=O)O)CC1.O=C(O)C(F)(F)F. The molecule has 4 N–H and O–H groups in total. The fourth-order valence-electron chi connectivity index (χ4n) is 0.438. The maximum absolute atomic E-state index is 10.6. The monoisotopic (exact) mass is 239 g/mol. The predicted molar refractivity (Wildman–Crippen MR) is 45.3 cm³/mol. The molecule has 0 spiro atoms. The minimum atomic E-state index is -5.08. The van der Waals surface area contributed by atoms with Crippen LogP contribution in [0.5, 0.6) is 0 Å². The Morgan fingerprint density at radius 1 is 1.25 bits per heavy atom. The molecule has 0 bridgehead atoms. The number of carbonyl (C=O) groups is 2. The van der Waals surface area contributed by atoms with Crippen LogP contribution in [-0.4, -0.2) is 33.9 Å². The van der Waals surface area contributed by atoms with Crippen LogP contribution in [0.2, 0.25) is 0 Å². The first kappa shape index (κ1) is 14.2. The molecule has 0 radical (unpaired) electrons. The molecule has 0 amide bonds. The van der Waals surface area contributed by atoms with E-state index in [-0.39, 0.29) is 0 Å². The molecule has 0 atom stereocenters. The van der Waals surface area contributed by atoms with Gasteiger partial charge in [0.25, 0.3) is 0 Å². The van der Waals surface area contributed by atoms with Crippen molar-refractivity contribution in [3.8, 4) is 11.8 Å². The molecule has 0 aromatic carbocycles. The van der Waals surface area contributed by atoms with Crippen LogP contribution in [0.25, 0.3) is 0 Å². The molecule has 90 valence electrons. The summed E-state index contributed by atoms with van der Waals surface area (Å²) in [4.78, 5) is 18.7. The Labute approximate surface area is 88.0 Å². The first-order valence-corrected chi connectivity index (χ1v) is 3.92. The molecule has 16 heavy (non-hydrogen) atoms. The lowest BCUT2D eigenvalue weighted by Gasteiger charge is -1.93. The van der Waals surface area contributed by atoms with Gasteiger partial charge >= 0.3 is 18.1 Å². The van der Waals surface area contributed by atoms with Crippen molar-refractivity contribution in [3.63, 3.8) is 0 Å².